The van der Waals surface area contributed by atoms with E-state index in [1.807, 2.05) is 24.3 Å². The van der Waals surface area contributed by atoms with Gasteiger partial charge in [0.2, 0.25) is 0 Å². The molecule has 19 heavy (non-hydrogen) atoms. The van der Waals surface area contributed by atoms with Gasteiger partial charge in [0.1, 0.15) is 5.75 Å². The largest absolute Gasteiger partial charge is 0.494 e. The summed E-state index contributed by atoms with van der Waals surface area (Å²) in [6, 6.07) is 8.94. The molecule has 0 bridgehead atoms. The van der Waals surface area contributed by atoms with Gasteiger partial charge in [0.25, 0.3) is 0 Å². The Hall–Kier alpha value is -1.06. The molecule has 0 heterocycles. The molecule has 0 aliphatic heterocycles. The Bertz CT molecular complexity index is 360. The molecule has 2 rings (SSSR count). The molecule has 1 aliphatic rings. The normalized spacial score (nSPS) is 14.9. The fourth-order valence-corrected chi connectivity index (χ4v) is 2.38. The first-order valence-electron chi connectivity index (χ1n) is 7.49. The average Bonchev–Trinajstić information content (AvgIpc) is 3.27. The molecule has 0 amide bonds. The molecule has 0 unspecified atom stereocenters. The molecule has 106 valence electrons. The number of ether oxygens (including phenoxy) is 1. The van der Waals surface area contributed by atoms with E-state index >= 15 is 0 Å². The van der Waals surface area contributed by atoms with E-state index in [4.69, 9.17) is 10.5 Å². The molecule has 3 heteroatoms. The first-order chi connectivity index (χ1) is 9.33. The molecule has 0 radical (unpaired) electrons. The van der Waals surface area contributed by atoms with Crippen molar-refractivity contribution in [2.24, 2.45) is 5.73 Å². The molecule has 0 saturated heterocycles. The highest BCUT2D eigenvalue weighted by atomic mass is 16.5. The summed E-state index contributed by atoms with van der Waals surface area (Å²) in [6.45, 7) is 6.04. The molecule has 0 atom stereocenters. The molecule has 1 aromatic carbocycles. The van der Waals surface area contributed by atoms with Crippen molar-refractivity contribution in [2.45, 2.75) is 45.2 Å². The van der Waals surface area contributed by atoms with E-state index < -0.39 is 0 Å². The Kier molecular flexibility index (Phi) is 5.67. The van der Waals surface area contributed by atoms with Crippen LogP contribution in [-0.2, 0) is 6.54 Å². The summed E-state index contributed by atoms with van der Waals surface area (Å²) in [5.74, 6) is 0.950. The first kappa shape index (κ1) is 14.4. The van der Waals surface area contributed by atoms with Crippen LogP contribution in [-0.4, -0.2) is 30.6 Å². The zero-order valence-electron chi connectivity index (χ0n) is 12.0. The number of nitrogens with two attached hydrogens (primary N) is 1. The summed E-state index contributed by atoms with van der Waals surface area (Å²) in [5, 5.41) is 0. The Labute approximate surface area is 116 Å². The minimum atomic E-state index is 0.591. The molecule has 1 aliphatic carbocycles. The van der Waals surface area contributed by atoms with Gasteiger partial charge >= 0.3 is 0 Å². The zero-order valence-corrected chi connectivity index (χ0v) is 12.0. The van der Waals surface area contributed by atoms with Gasteiger partial charge in [-0.1, -0.05) is 19.1 Å². The molecule has 2 N–H and O–H groups in total. The maximum Gasteiger partial charge on any atom is 0.119 e. The highest BCUT2D eigenvalue weighted by Gasteiger charge is 2.27. The average molecular weight is 262 g/mol. The summed E-state index contributed by atoms with van der Waals surface area (Å²) in [7, 11) is 0. The molecule has 3 nitrogen and oxygen atoms in total. The van der Waals surface area contributed by atoms with Crippen LogP contribution >= 0.6 is 0 Å². The van der Waals surface area contributed by atoms with Crippen LogP contribution in [0, 0.1) is 0 Å². The number of nitrogens with zero attached hydrogens (tertiary/aromatic N) is 1. The minimum absolute atomic E-state index is 0.591. The van der Waals surface area contributed by atoms with Crippen LogP contribution in [0.25, 0.3) is 0 Å². The van der Waals surface area contributed by atoms with Crippen LogP contribution in [0.2, 0.25) is 0 Å². The lowest BCUT2D eigenvalue weighted by Gasteiger charge is -2.21. The zero-order chi connectivity index (χ0) is 13.5. The van der Waals surface area contributed by atoms with Crippen LogP contribution in [0.15, 0.2) is 24.3 Å². The third-order valence-corrected chi connectivity index (χ3v) is 3.59. The number of rotatable bonds is 9. The number of hydrogen-bond donors (Lipinski definition) is 1. The Morgan fingerprint density at radius 2 is 1.95 bits per heavy atom. The predicted molar refractivity (Wildman–Crippen MR) is 79.3 cm³/mol. The second-order valence-corrected chi connectivity index (χ2v) is 5.32. The quantitative estimate of drug-likeness (QED) is 0.695. The molecule has 1 fully saturated rings. The van der Waals surface area contributed by atoms with Gasteiger partial charge in [-0.3, -0.25) is 0 Å². The SMILES string of the molecule is CCCN(CCCOc1ccc(CN)cc1)C1CC1. The number of hydrogen-bond acceptors (Lipinski definition) is 3. The molecule has 1 saturated carbocycles. The summed E-state index contributed by atoms with van der Waals surface area (Å²) in [4.78, 5) is 2.61. The third kappa shape index (κ3) is 4.84. The van der Waals surface area contributed by atoms with Gasteiger partial charge in [0.15, 0.2) is 0 Å². The smallest absolute Gasteiger partial charge is 0.119 e. The fourth-order valence-electron chi connectivity index (χ4n) is 2.38. The Morgan fingerprint density at radius 3 is 2.53 bits per heavy atom. The summed E-state index contributed by atoms with van der Waals surface area (Å²) in [6.07, 6.45) is 5.13. The fraction of sp³-hybridized carbons (Fsp3) is 0.625. The van der Waals surface area contributed by atoms with Crippen molar-refractivity contribution in [3.05, 3.63) is 29.8 Å². The van der Waals surface area contributed by atoms with Crippen molar-refractivity contribution < 1.29 is 4.74 Å². The van der Waals surface area contributed by atoms with E-state index in [-0.39, 0.29) is 0 Å². The second kappa shape index (κ2) is 7.51. The summed E-state index contributed by atoms with van der Waals surface area (Å²) in [5.41, 5.74) is 6.72. The lowest BCUT2D eigenvalue weighted by Crippen LogP contribution is -2.28. The predicted octanol–water partition coefficient (Wildman–Crippen LogP) is 2.79. The van der Waals surface area contributed by atoms with Gasteiger partial charge in [-0.15, -0.1) is 0 Å². The van der Waals surface area contributed by atoms with Crippen molar-refractivity contribution in [1.29, 1.82) is 0 Å². The first-order valence-corrected chi connectivity index (χ1v) is 7.49. The molecular weight excluding hydrogens is 236 g/mol. The minimum Gasteiger partial charge on any atom is -0.494 e. The standard InChI is InChI=1S/C16H26N2O/c1-2-10-18(15-6-7-15)11-3-12-19-16-8-4-14(13-17)5-9-16/h4-5,8-9,15H,2-3,6-7,10-13,17H2,1H3. The molecular formula is C16H26N2O. The van der Waals surface area contributed by atoms with Crippen LogP contribution in [0.3, 0.4) is 0 Å². The van der Waals surface area contributed by atoms with E-state index in [2.05, 4.69) is 11.8 Å². The van der Waals surface area contributed by atoms with Crippen molar-refractivity contribution in [3.8, 4) is 5.75 Å². The van der Waals surface area contributed by atoms with Crippen molar-refractivity contribution in [2.75, 3.05) is 19.7 Å². The lowest BCUT2D eigenvalue weighted by molar-refractivity contribution is 0.227. The van der Waals surface area contributed by atoms with Gasteiger partial charge in [0, 0.05) is 19.1 Å². The van der Waals surface area contributed by atoms with E-state index in [1.54, 1.807) is 0 Å². The monoisotopic (exact) mass is 262 g/mol. The Morgan fingerprint density at radius 1 is 1.21 bits per heavy atom. The van der Waals surface area contributed by atoms with Crippen LogP contribution in [0.1, 0.15) is 38.2 Å². The van der Waals surface area contributed by atoms with E-state index in [1.165, 1.54) is 32.4 Å². The van der Waals surface area contributed by atoms with Gasteiger partial charge in [-0.2, -0.15) is 0 Å². The van der Waals surface area contributed by atoms with E-state index in [0.717, 1.165) is 30.4 Å². The molecule has 0 aromatic heterocycles. The van der Waals surface area contributed by atoms with Crippen LogP contribution in [0.5, 0.6) is 5.75 Å². The number of benzene rings is 1. The lowest BCUT2D eigenvalue weighted by atomic mass is 10.2. The Balaban J connectivity index is 1.64. The van der Waals surface area contributed by atoms with Crippen LogP contribution in [0.4, 0.5) is 0 Å². The van der Waals surface area contributed by atoms with Gasteiger partial charge in [0.05, 0.1) is 6.61 Å². The van der Waals surface area contributed by atoms with Gasteiger partial charge < -0.3 is 15.4 Å². The molecule has 0 spiro atoms. The van der Waals surface area contributed by atoms with Crippen molar-refractivity contribution in [3.63, 3.8) is 0 Å². The summed E-state index contributed by atoms with van der Waals surface area (Å²) >= 11 is 0. The second-order valence-electron chi connectivity index (χ2n) is 5.32. The van der Waals surface area contributed by atoms with E-state index in [0.29, 0.717) is 6.54 Å². The molecule has 1 aromatic rings. The third-order valence-electron chi connectivity index (χ3n) is 3.59. The van der Waals surface area contributed by atoms with Gasteiger partial charge in [-0.05, 0) is 49.9 Å². The van der Waals surface area contributed by atoms with Crippen LogP contribution < -0.4 is 10.5 Å². The summed E-state index contributed by atoms with van der Waals surface area (Å²) < 4.78 is 5.77. The topological polar surface area (TPSA) is 38.5 Å². The van der Waals surface area contributed by atoms with Crippen molar-refractivity contribution in [1.82, 2.24) is 4.90 Å². The highest BCUT2D eigenvalue weighted by molar-refractivity contribution is 5.26. The van der Waals surface area contributed by atoms with E-state index in [9.17, 15) is 0 Å². The highest BCUT2D eigenvalue weighted by Crippen LogP contribution is 2.26. The maximum atomic E-state index is 5.77. The van der Waals surface area contributed by atoms with Gasteiger partial charge in [-0.25, -0.2) is 0 Å². The van der Waals surface area contributed by atoms with Crippen molar-refractivity contribution >= 4 is 0 Å². The maximum absolute atomic E-state index is 5.77.